The van der Waals surface area contributed by atoms with Crippen molar-refractivity contribution >= 4 is 7.94 Å². The molecule has 0 saturated heterocycles. The molecule has 0 aliphatic rings. The second-order valence-electron chi connectivity index (χ2n) is 1.65. The first-order valence-electron chi connectivity index (χ1n) is 2.90. The van der Waals surface area contributed by atoms with Gasteiger partial charge in [-0.05, 0) is 0 Å². The van der Waals surface area contributed by atoms with E-state index in [1.54, 1.807) is 21.3 Å². The van der Waals surface area contributed by atoms with Crippen LogP contribution in [0.25, 0.3) is 0 Å². The molecule has 0 fully saturated rings. The zero-order chi connectivity index (χ0) is 7.33. The van der Waals surface area contributed by atoms with Crippen LogP contribution in [-0.4, -0.2) is 27.5 Å². The zero-order valence-corrected chi connectivity index (χ0v) is 7.43. The maximum atomic E-state index is 5.08. The molecule has 3 nitrogen and oxygen atoms in total. The van der Waals surface area contributed by atoms with Crippen LogP contribution in [0.2, 0.25) is 0 Å². The van der Waals surface area contributed by atoms with Gasteiger partial charge in [-0.15, -0.1) is 0 Å². The molecule has 0 amide bonds. The molecule has 0 heterocycles. The molecular formula is C5H15O3P. The molecule has 0 atom stereocenters. The quantitative estimate of drug-likeness (QED) is 0.573. The molecule has 0 N–H and O–H groups in total. The molecule has 0 aromatic heterocycles. The second-order valence-corrected chi connectivity index (χ2v) is 4.95. The van der Waals surface area contributed by atoms with Crippen LogP contribution in [0.1, 0.15) is 6.92 Å². The topological polar surface area (TPSA) is 27.7 Å². The number of rotatable bonds is 4. The van der Waals surface area contributed by atoms with E-state index in [4.69, 9.17) is 13.6 Å². The summed E-state index contributed by atoms with van der Waals surface area (Å²) in [6.07, 6.45) is 0.816. The van der Waals surface area contributed by atoms with Crippen molar-refractivity contribution in [3.8, 4) is 0 Å². The fourth-order valence-electron chi connectivity index (χ4n) is 0.683. The molecule has 0 aromatic carbocycles. The minimum absolute atomic E-state index is 0.816. The summed E-state index contributed by atoms with van der Waals surface area (Å²) in [6, 6.07) is 0. The molecule has 0 unspecified atom stereocenters. The summed E-state index contributed by atoms with van der Waals surface area (Å²) >= 11 is 0. The minimum atomic E-state index is -2.19. The average Bonchev–Trinajstić information content (AvgIpc) is 1.95. The summed E-state index contributed by atoms with van der Waals surface area (Å²) in [5.41, 5.74) is 0. The Bertz CT molecular complexity index is 55.1. The molecule has 0 radical (unpaired) electrons. The van der Waals surface area contributed by atoms with Gasteiger partial charge in [0, 0.05) is 0 Å². The van der Waals surface area contributed by atoms with Crippen molar-refractivity contribution < 1.29 is 13.6 Å². The van der Waals surface area contributed by atoms with Gasteiger partial charge in [-0.25, -0.2) is 0 Å². The van der Waals surface area contributed by atoms with Gasteiger partial charge in [-0.1, -0.05) is 0 Å². The van der Waals surface area contributed by atoms with E-state index in [1.807, 2.05) is 6.92 Å². The van der Waals surface area contributed by atoms with Gasteiger partial charge in [-0.2, -0.15) is 0 Å². The summed E-state index contributed by atoms with van der Waals surface area (Å²) in [4.78, 5) is 0. The van der Waals surface area contributed by atoms with Crippen molar-refractivity contribution in [2.75, 3.05) is 27.5 Å². The van der Waals surface area contributed by atoms with E-state index >= 15 is 0 Å². The maximum absolute atomic E-state index is 5.08. The standard InChI is InChI=1S/C5H15O3P/c1-5-9(6-2,7-3)8-4/h9H,5H2,1-4H3. The first kappa shape index (κ1) is 9.31. The van der Waals surface area contributed by atoms with E-state index in [-0.39, 0.29) is 0 Å². The van der Waals surface area contributed by atoms with Crippen LogP contribution >= 0.6 is 7.94 Å². The number of hydrogen-bond acceptors (Lipinski definition) is 3. The third kappa shape index (κ3) is 2.18. The third-order valence-corrected chi connectivity index (χ3v) is 4.10. The van der Waals surface area contributed by atoms with Gasteiger partial charge in [0.25, 0.3) is 0 Å². The molecule has 58 valence electrons. The molecule has 0 spiro atoms. The first-order chi connectivity index (χ1) is 4.24. The van der Waals surface area contributed by atoms with Crippen molar-refractivity contribution in [1.29, 1.82) is 0 Å². The van der Waals surface area contributed by atoms with E-state index < -0.39 is 7.94 Å². The van der Waals surface area contributed by atoms with E-state index in [1.165, 1.54) is 0 Å². The summed E-state index contributed by atoms with van der Waals surface area (Å²) in [6.45, 7) is 1.99. The molecule has 0 bridgehead atoms. The Kier molecular flexibility index (Phi) is 4.32. The van der Waals surface area contributed by atoms with Gasteiger partial charge in [0.1, 0.15) is 0 Å². The Hall–Kier alpha value is 0.310. The fraction of sp³-hybridized carbons (Fsp3) is 1.00. The summed E-state index contributed by atoms with van der Waals surface area (Å²) in [7, 11) is 2.65. The van der Waals surface area contributed by atoms with Gasteiger partial charge in [0.2, 0.25) is 0 Å². The van der Waals surface area contributed by atoms with Crippen LogP contribution in [0, 0.1) is 0 Å². The summed E-state index contributed by atoms with van der Waals surface area (Å²) in [5, 5.41) is 0. The normalized spacial score (nSPS) is 13.8. The van der Waals surface area contributed by atoms with Gasteiger partial charge < -0.3 is 0 Å². The van der Waals surface area contributed by atoms with Gasteiger partial charge >= 0.3 is 55.9 Å². The van der Waals surface area contributed by atoms with Crippen molar-refractivity contribution in [2.45, 2.75) is 6.92 Å². The van der Waals surface area contributed by atoms with Gasteiger partial charge in [0.05, 0.1) is 0 Å². The van der Waals surface area contributed by atoms with Crippen LogP contribution in [0.4, 0.5) is 0 Å². The molecule has 0 rings (SSSR count). The van der Waals surface area contributed by atoms with Crippen LogP contribution in [0.15, 0.2) is 0 Å². The van der Waals surface area contributed by atoms with Crippen LogP contribution in [0.3, 0.4) is 0 Å². The van der Waals surface area contributed by atoms with E-state index in [0.29, 0.717) is 0 Å². The van der Waals surface area contributed by atoms with E-state index in [0.717, 1.165) is 6.16 Å². The Balaban J connectivity index is 3.82. The Morgan fingerprint density at radius 2 is 1.33 bits per heavy atom. The first-order valence-corrected chi connectivity index (χ1v) is 4.83. The fourth-order valence-corrected chi connectivity index (χ4v) is 2.05. The Morgan fingerprint density at radius 1 is 1.00 bits per heavy atom. The van der Waals surface area contributed by atoms with Crippen molar-refractivity contribution in [3.05, 3.63) is 0 Å². The molecule has 4 heteroatoms. The van der Waals surface area contributed by atoms with Crippen molar-refractivity contribution in [1.82, 2.24) is 0 Å². The average molecular weight is 154 g/mol. The van der Waals surface area contributed by atoms with E-state index in [9.17, 15) is 0 Å². The van der Waals surface area contributed by atoms with Crippen LogP contribution < -0.4 is 0 Å². The Morgan fingerprint density at radius 3 is 1.33 bits per heavy atom. The zero-order valence-electron chi connectivity index (χ0n) is 6.43. The predicted octanol–water partition coefficient (Wildman–Crippen LogP) is 1.44. The van der Waals surface area contributed by atoms with Crippen molar-refractivity contribution in [2.24, 2.45) is 0 Å². The molecule has 9 heavy (non-hydrogen) atoms. The van der Waals surface area contributed by atoms with Crippen molar-refractivity contribution in [3.63, 3.8) is 0 Å². The van der Waals surface area contributed by atoms with Gasteiger partial charge in [-0.3, -0.25) is 0 Å². The van der Waals surface area contributed by atoms with E-state index in [2.05, 4.69) is 0 Å². The van der Waals surface area contributed by atoms with Gasteiger partial charge in [0.15, 0.2) is 0 Å². The molecule has 0 aliphatic heterocycles. The second kappa shape index (κ2) is 4.18. The number of hydrogen-bond donors (Lipinski definition) is 0. The molecular weight excluding hydrogens is 139 g/mol. The molecule has 0 aromatic rings. The predicted molar refractivity (Wildman–Crippen MR) is 39.9 cm³/mol. The summed E-state index contributed by atoms with van der Waals surface area (Å²) in [5.74, 6) is 0. The third-order valence-electron chi connectivity index (χ3n) is 1.37. The molecule has 0 aliphatic carbocycles. The Labute approximate surface area is 56.9 Å². The monoisotopic (exact) mass is 154 g/mol. The SMILES string of the molecule is CC[PH](OC)(OC)OC. The van der Waals surface area contributed by atoms with Crippen LogP contribution in [0.5, 0.6) is 0 Å². The summed E-state index contributed by atoms with van der Waals surface area (Å²) < 4.78 is 15.2. The molecule has 0 saturated carbocycles. The van der Waals surface area contributed by atoms with Crippen LogP contribution in [-0.2, 0) is 13.6 Å².